The van der Waals surface area contributed by atoms with Crippen molar-refractivity contribution < 1.29 is 0 Å². The molecule has 0 aliphatic rings. The molecule has 0 fully saturated rings. The molecule has 2 nitrogen and oxygen atoms in total. The second-order valence-electron chi connectivity index (χ2n) is 6.94. The first-order valence-corrected chi connectivity index (χ1v) is 7.79. The highest BCUT2D eigenvalue weighted by Gasteiger charge is 2.14. The Labute approximate surface area is 116 Å². The van der Waals surface area contributed by atoms with E-state index in [4.69, 9.17) is 0 Å². The lowest BCUT2D eigenvalue weighted by molar-refractivity contribution is 0.0997. The lowest BCUT2D eigenvalue weighted by Crippen LogP contribution is -2.43. The zero-order valence-electron chi connectivity index (χ0n) is 13.9. The highest BCUT2D eigenvalue weighted by molar-refractivity contribution is 4.66. The average Bonchev–Trinajstić information content (AvgIpc) is 2.13. The fourth-order valence-corrected chi connectivity index (χ4v) is 2.56. The molecule has 0 amide bonds. The number of hydrogen-bond donors (Lipinski definition) is 0. The van der Waals surface area contributed by atoms with Crippen LogP contribution in [0.1, 0.15) is 54.9 Å². The molecule has 18 heavy (non-hydrogen) atoms. The van der Waals surface area contributed by atoms with Crippen LogP contribution in [0.25, 0.3) is 0 Å². The first-order valence-electron chi connectivity index (χ1n) is 7.79. The van der Waals surface area contributed by atoms with Gasteiger partial charge < -0.3 is 0 Å². The summed E-state index contributed by atoms with van der Waals surface area (Å²) in [6.45, 7) is 22.2. The van der Waals surface area contributed by atoms with Crippen molar-refractivity contribution >= 4 is 0 Å². The second kappa shape index (κ2) is 9.80. The van der Waals surface area contributed by atoms with E-state index in [2.05, 4.69) is 58.3 Å². The van der Waals surface area contributed by atoms with Crippen molar-refractivity contribution in [3.8, 4) is 0 Å². The highest BCUT2D eigenvalue weighted by Crippen LogP contribution is 2.07. The molecule has 0 aromatic rings. The van der Waals surface area contributed by atoms with Crippen LogP contribution in [0.3, 0.4) is 0 Å². The molecule has 110 valence electrons. The molecular formula is C16H36N2. The summed E-state index contributed by atoms with van der Waals surface area (Å²) in [4.78, 5) is 5.25. The summed E-state index contributed by atoms with van der Waals surface area (Å²) in [5.74, 6) is 2.27. The monoisotopic (exact) mass is 256 g/mol. The smallest absolute Gasteiger partial charge is 0.0506 e. The van der Waals surface area contributed by atoms with Crippen LogP contribution in [0, 0.1) is 17.8 Å². The average molecular weight is 256 g/mol. The zero-order chi connectivity index (χ0) is 14.1. The second-order valence-corrected chi connectivity index (χ2v) is 6.94. The predicted molar refractivity (Wildman–Crippen MR) is 82.8 cm³/mol. The van der Waals surface area contributed by atoms with Crippen molar-refractivity contribution in [3.63, 3.8) is 0 Å². The standard InChI is InChI=1S/C16H36N2/c1-8-9-17(10-14(2)3)13-18(11-15(4)5)12-16(6)7/h14-16H,8-13H2,1-7H3. The molecule has 2 heteroatoms. The van der Waals surface area contributed by atoms with Crippen molar-refractivity contribution in [2.75, 3.05) is 32.8 Å². The molecule has 0 rings (SSSR count). The van der Waals surface area contributed by atoms with Crippen LogP contribution in [0.4, 0.5) is 0 Å². The molecule has 0 N–H and O–H groups in total. The summed E-state index contributed by atoms with van der Waals surface area (Å²) in [5, 5.41) is 0. The molecular weight excluding hydrogens is 220 g/mol. The Morgan fingerprint density at radius 3 is 1.39 bits per heavy atom. The zero-order valence-corrected chi connectivity index (χ0v) is 13.9. The van der Waals surface area contributed by atoms with E-state index in [0.29, 0.717) is 0 Å². The molecule has 0 heterocycles. The molecule has 0 radical (unpaired) electrons. The van der Waals surface area contributed by atoms with E-state index in [1.807, 2.05) is 0 Å². The van der Waals surface area contributed by atoms with Crippen molar-refractivity contribution in [1.29, 1.82) is 0 Å². The topological polar surface area (TPSA) is 6.48 Å². The summed E-state index contributed by atoms with van der Waals surface area (Å²) in [7, 11) is 0. The Balaban J connectivity index is 4.37. The summed E-state index contributed by atoms with van der Waals surface area (Å²) in [5.41, 5.74) is 0. The molecule has 0 aromatic heterocycles. The fourth-order valence-electron chi connectivity index (χ4n) is 2.56. The third-order valence-electron chi connectivity index (χ3n) is 2.81. The summed E-state index contributed by atoms with van der Waals surface area (Å²) in [6.07, 6.45) is 1.25. The minimum Gasteiger partial charge on any atom is -0.290 e. The van der Waals surface area contributed by atoms with Gasteiger partial charge in [0, 0.05) is 19.6 Å². The van der Waals surface area contributed by atoms with Gasteiger partial charge in [0.1, 0.15) is 0 Å². The predicted octanol–water partition coefficient (Wildman–Crippen LogP) is 3.93. The van der Waals surface area contributed by atoms with Gasteiger partial charge in [-0.3, -0.25) is 9.80 Å². The van der Waals surface area contributed by atoms with Crippen molar-refractivity contribution in [1.82, 2.24) is 9.80 Å². The lowest BCUT2D eigenvalue weighted by Gasteiger charge is -2.33. The van der Waals surface area contributed by atoms with Gasteiger partial charge in [-0.25, -0.2) is 0 Å². The van der Waals surface area contributed by atoms with Gasteiger partial charge in [0.25, 0.3) is 0 Å². The Morgan fingerprint density at radius 2 is 1.06 bits per heavy atom. The van der Waals surface area contributed by atoms with Gasteiger partial charge in [-0.2, -0.15) is 0 Å². The summed E-state index contributed by atoms with van der Waals surface area (Å²) >= 11 is 0. The molecule has 0 saturated heterocycles. The van der Waals surface area contributed by atoms with E-state index >= 15 is 0 Å². The quantitative estimate of drug-likeness (QED) is 0.547. The summed E-state index contributed by atoms with van der Waals surface area (Å²) < 4.78 is 0. The highest BCUT2D eigenvalue weighted by atomic mass is 15.3. The van der Waals surface area contributed by atoms with Gasteiger partial charge >= 0.3 is 0 Å². The van der Waals surface area contributed by atoms with Crippen LogP contribution in [0.15, 0.2) is 0 Å². The van der Waals surface area contributed by atoms with E-state index in [1.54, 1.807) is 0 Å². The Kier molecular flexibility index (Phi) is 9.76. The fraction of sp³-hybridized carbons (Fsp3) is 1.00. The maximum Gasteiger partial charge on any atom is 0.0506 e. The molecule has 0 atom stereocenters. The van der Waals surface area contributed by atoms with Gasteiger partial charge in [-0.05, 0) is 30.7 Å². The Hall–Kier alpha value is -0.0800. The molecule has 0 bridgehead atoms. The maximum absolute atomic E-state index is 2.63. The maximum atomic E-state index is 2.63. The van der Waals surface area contributed by atoms with Crippen LogP contribution < -0.4 is 0 Å². The molecule has 0 saturated carbocycles. The first kappa shape index (κ1) is 17.9. The van der Waals surface area contributed by atoms with E-state index in [9.17, 15) is 0 Å². The van der Waals surface area contributed by atoms with Crippen molar-refractivity contribution in [2.45, 2.75) is 54.9 Å². The minimum absolute atomic E-state index is 0.756. The van der Waals surface area contributed by atoms with E-state index in [0.717, 1.165) is 24.4 Å². The lowest BCUT2D eigenvalue weighted by atomic mass is 10.1. The van der Waals surface area contributed by atoms with Crippen LogP contribution in [0.2, 0.25) is 0 Å². The largest absolute Gasteiger partial charge is 0.290 e. The van der Waals surface area contributed by atoms with Crippen LogP contribution >= 0.6 is 0 Å². The third-order valence-corrected chi connectivity index (χ3v) is 2.81. The van der Waals surface area contributed by atoms with E-state index < -0.39 is 0 Å². The molecule has 0 unspecified atom stereocenters. The van der Waals surface area contributed by atoms with Crippen molar-refractivity contribution in [3.05, 3.63) is 0 Å². The van der Waals surface area contributed by atoms with Gasteiger partial charge in [0.2, 0.25) is 0 Å². The van der Waals surface area contributed by atoms with Gasteiger partial charge in [-0.1, -0.05) is 48.5 Å². The van der Waals surface area contributed by atoms with Gasteiger partial charge in [0.05, 0.1) is 6.67 Å². The SMILES string of the molecule is CCCN(CC(C)C)CN(CC(C)C)CC(C)C. The molecule has 0 aliphatic heterocycles. The number of rotatable bonds is 10. The summed E-state index contributed by atoms with van der Waals surface area (Å²) in [6, 6.07) is 0. The Morgan fingerprint density at radius 1 is 0.667 bits per heavy atom. The minimum atomic E-state index is 0.756. The van der Waals surface area contributed by atoms with Gasteiger partial charge in [0.15, 0.2) is 0 Å². The third kappa shape index (κ3) is 9.90. The Bertz CT molecular complexity index is 178. The van der Waals surface area contributed by atoms with Gasteiger partial charge in [-0.15, -0.1) is 0 Å². The van der Waals surface area contributed by atoms with Crippen LogP contribution in [0.5, 0.6) is 0 Å². The van der Waals surface area contributed by atoms with E-state index in [1.165, 1.54) is 32.6 Å². The van der Waals surface area contributed by atoms with Crippen LogP contribution in [-0.2, 0) is 0 Å². The van der Waals surface area contributed by atoms with Crippen molar-refractivity contribution in [2.24, 2.45) is 17.8 Å². The molecule has 0 spiro atoms. The molecule has 0 aliphatic carbocycles. The first-order chi connectivity index (χ1) is 8.35. The van der Waals surface area contributed by atoms with E-state index in [-0.39, 0.29) is 0 Å². The normalized spacial score (nSPS) is 12.7. The number of hydrogen-bond acceptors (Lipinski definition) is 2. The molecule has 0 aromatic carbocycles. The van der Waals surface area contributed by atoms with Crippen LogP contribution in [-0.4, -0.2) is 42.6 Å². The number of nitrogens with zero attached hydrogens (tertiary/aromatic N) is 2.